The van der Waals surface area contributed by atoms with Crippen molar-refractivity contribution in [3.8, 4) is 5.75 Å². The molecule has 0 amide bonds. The van der Waals surface area contributed by atoms with Crippen LogP contribution in [-0.4, -0.2) is 18.5 Å². The Bertz CT molecular complexity index is 633. The van der Waals surface area contributed by atoms with E-state index in [2.05, 4.69) is 0 Å². The third kappa shape index (κ3) is 4.60. The molecule has 2 aromatic rings. The predicted molar refractivity (Wildman–Crippen MR) is 80.1 cm³/mol. The highest BCUT2D eigenvalue weighted by Crippen LogP contribution is 2.21. The van der Waals surface area contributed by atoms with Gasteiger partial charge in [-0.2, -0.15) is 0 Å². The van der Waals surface area contributed by atoms with Crippen LogP contribution in [0.25, 0.3) is 10.8 Å². The molecule has 0 radical (unpaired) electrons. The first-order chi connectivity index (χ1) is 10.2. The fourth-order valence-electron chi connectivity index (χ4n) is 2.02. The molecule has 0 aliphatic carbocycles. The van der Waals surface area contributed by atoms with Gasteiger partial charge in [-0.25, -0.2) is 0 Å². The molecule has 4 nitrogen and oxygen atoms in total. The maximum atomic E-state index is 11.7. The van der Waals surface area contributed by atoms with Crippen LogP contribution in [0.15, 0.2) is 42.5 Å². The molecule has 4 heteroatoms. The Hall–Kier alpha value is -2.36. The van der Waals surface area contributed by atoms with E-state index in [1.165, 1.54) is 0 Å². The SMILES string of the molecule is CCOC(=O)CCCC(=O)Oc1ccc2ccccc2c1. The molecule has 2 aromatic carbocycles. The van der Waals surface area contributed by atoms with Crippen molar-refractivity contribution in [1.29, 1.82) is 0 Å². The zero-order chi connectivity index (χ0) is 15.1. The van der Waals surface area contributed by atoms with E-state index in [9.17, 15) is 9.59 Å². The van der Waals surface area contributed by atoms with E-state index in [-0.39, 0.29) is 24.8 Å². The van der Waals surface area contributed by atoms with Gasteiger partial charge in [0, 0.05) is 12.8 Å². The minimum atomic E-state index is -0.338. The number of rotatable bonds is 6. The molecule has 0 aliphatic rings. The number of fused-ring (bicyclic) bond motifs is 1. The second-order valence-electron chi connectivity index (χ2n) is 4.64. The minimum absolute atomic E-state index is 0.200. The van der Waals surface area contributed by atoms with Crippen LogP contribution in [0.3, 0.4) is 0 Å². The first-order valence-electron chi connectivity index (χ1n) is 7.04. The first kappa shape index (κ1) is 15.0. The molecular weight excluding hydrogens is 268 g/mol. The summed E-state index contributed by atoms with van der Waals surface area (Å²) in [6.45, 7) is 2.12. The topological polar surface area (TPSA) is 52.6 Å². The number of esters is 2. The second kappa shape index (κ2) is 7.43. The summed E-state index contributed by atoms with van der Waals surface area (Å²) in [5.41, 5.74) is 0. The molecule has 0 saturated carbocycles. The summed E-state index contributed by atoms with van der Waals surface area (Å²) in [6.07, 6.45) is 0.873. The Kier molecular flexibility index (Phi) is 5.32. The van der Waals surface area contributed by atoms with Gasteiger partial charge in [0.15, 0.2) is 0 Å². The van der Waals surface area contributed by atoms with Crippen LogP contribution in [-0.2, 0) is 14.3 Å². The Morgan fingerprint density at radius 3 is 2.43 bits per heavy atom. The van der Waals surface area contributed by atoms with E-state index in [1.54, 1.807) is 13.0 Å². The molecule has 0 aromatic heterocycles. The van der Waals surface area contributed by atoms with Crippen LogP contribution >= 0.6 is 0 Å². The summed E-state index contributed by atoms with van der Waals surface area (Å²) >= 11 is 0. The average Bonchev–Trinajstić information content (AvgIpc) is 2.47. The molecule has 0 spiro atoms. The normalized spacial score (nSPS) is 10.3. The van der Waals surface area contributed by atoms with Gasteiger partial charge in [0.25, 0.3) is 0 Å². The maximum Gasteiger partial charge on any atom is 0.311 e. The lowest BCUT2D eigenvalue weighted by Crippen LogP contribution is -2.10. The van der Waals surface area contributed by atoms with Gasteiger partial charge in [0.1, 0.15) is 5.75 Å². The standard InChI is InChI=1S/C17H18O4/c1-2-20-16(18)8-5-9-17(19)21-15-11-10-13-6-3-4-7-14(13)12-15/h3-4,6-7,10-12H,2,5,8-9H2,1H3. The lowest BCUT2D eigenvalue weighted by atomic mass is 10.1. The molecule has 21 heavy (non-hydrogen) atoms. The maximum absolute atomic E-state index is 11.7. The van der Waals surface area contributed by atoms with Gasteiger partial charge in [0.05, 0.1) is 6.61 Å². The molecule has 0 N–H and O–H groups in total. The molecule has 0 fully saturated rings. The van der Waals surface area contributed by atoms with Gasteiger partial charge in [0.2, 0.25) is 0 Å². The van der Waals surface area contributed by atoms with Crippen LogP contribution in [0, 0.1) is 0 Å². The van der Waals surface area contributed by atoms with Crippen LogP contribution in [0.5, 0.6) is 5.75 Å². The molecule has 0 atom stereocenters. The quantitative estimate of drug-likeness (QED) is 0.602. The molecule has 0 unspecified atom stereocenters. The summed E-state index contributed by atoms with van der Waals surface area (Å²) < 4.78 is 10.1. The number of benzene rings is 2. The molecule has 2 rings (SSSR count). The fraction of sp³-hybridized carbons (Fsp3) is 0.294. The van der Waals surface area contributed by atoms with Crippen molar-refractivity contribution in [1.82, 2.24) is 0 Å². The average molecular weight is 286 g/mol. The van der Waals surface area contributed by atoms with Gasteiger partial charge in [-0.15, -0.1) is 0 Å². The third-order valence-corrected chi connectivity index (χ3v) is 3.02. The number of carbonyl (C=O) groups is 2. The Balaban J connectivity index is 1.85. The summed E-state index contributed by atoms with van der Waals surface area (Å²) in [5, 5.41) is 2.12. The summed E-state index contributed by atoms with van der Waals surface area (Å²) in [6, 6.07) is 13.4. The van der Waals surface area contributed by atoms with Crippen molar-refractivity contribution >= 4 is 22.7 Å². The monoisotopic (exact) mass is 286 g/mol. The van der Waals surface area contributed by atoms with E-state index in [0.29, 0.717) is 18.8 Å². The molecule has 0 bridgehead atoms. The van der Waals surface area contributed by atoms with Crippen LogP contribution in [0.2, 0.25) is 0 Å². The Morgan fingerprint density at radius 1 is 0.952 bits per heavy atom. The Labute approximate surface area is 123 Å². The van der Waals surface area contributed by atoms with Crippen molar-refractivity contribution < 1.29 is 19.1 Å². The van der Waals surface area contributed by atoms with Gasteiger partial charge in [-0.05, 0) is 36.2 Å². The van der Waals surface area contributed by atoms with Gasteiger partial charge >= 0.3 is 11.9 Å². The van der Waals surface area contributed by atoms with Crippen molar-refractivity contribution in [2.24, 2.45) is 0 Å². The van der Waals surface area contributed by atoms with Crippen molar-refractivity contribution in [2.75, 3.05) is 6.61 Å². The third-order valence-electron chi connectivity index (χ3n) is 3.02. The van der Waals surface area contributed by atoms with Gasteiger partial charge in [-0.3, -0.25) is 9.59 Å². The number of hydrogen-bond donors (Lipinski definition) is 0. The molecular formula is C17H18O4. The van der Waals surface area contributed by atoms with E-state index in [0.717, 1.165) is 10.8 Å². The molecule has 0 heterocycles. The van der Waals surface area contributed by atoms with Crippen molar-refractivity contribution in [2.45, 2.75) is 26.2 Å². The summed E-state index contributed by atoms with van der Waals surface area (Å²) in [4.78, 5) is 22.9. The van der Waals surface area contributed by atoms with E-state index in [1.807, 2.05) is 36.4 Å². The highest BCUT2D eigenvalue weighted by Gasteiger charge is 2.08. The van der Waals surface area contributed by atoms with E-state index >= 15 is 0 Å². The minimum Gasteiger partial charge on any atom is -0.466 e. The van der Waals surface area contributed by atoms with Crippen molar-refractivity contribution in [3.05, 3.63) is 42.5 Å². The second-order valence-corrected chi connectivity index (χ2v) is 4.64. The first-order valence-corrected chi connectivity index (χ1v) is 7.04. The Morgan fingerprint density at radius 2 is 1.67 bits per heavy atom. The number of carbonyl (C=O) groups excluding carboxylic acids is 2. The fourth-order valence-corrected chi connectivity index (χ4v) is 2.02. The largest absolute Gasteiger partial charge is 0.466 e. The smallest absolute Gasteiger partial charge is 0.311 e. The van der Waals surface area contributed by atoms with Crippen LogP contribution in [0.1, 0.15) is 26.2 Å². The van der Waals surface area contributed by atoms with E-state index < -0.39 is 0 Å². The van der Waals surface area contributed by atoms with Gasteiger partial charge in [-0.1, -0.05) is 30.3 Å². The zero-order valence-corrected chi connectivity index (χ0v) is 12.0. The zero-order valence-electron chi connectivity index (χ0n) is 12.0. The summed E-state index contributed by atoms with van der Waals surface area (Å²) in [5.74, 6) is -0.0968. The lowest BCUT2D eigenvalue weighted by molar-refractivity contribution is -0.143. The molecule has 110 valence electrons. The number of ether oxygens (including phenoxy) is 2. The lowest BCUT2D eigenvalue weighted by Gasteiger charge is -2.06. The molecule has 0 aliphatic heterocycles. The highest BCUT2D eigenvalue weighted by molar-refractivity contribution is 5.84. The van der Waals surface area contributed by atoms with Gasteiger partial charge < -0.3 is 9.47 Å². The van der Waals surface area contributed by atoms with Crippen LogP contribution < -0.4 is 4.74 Å². The number of hydrogen-bond acceptors (Lipinski definition) is 4. The predicted octanol–water partition coefficient (Wildman–Crippen LogP) is 3.48. The van der Waals surface area contributed by atoms with Crippen molar-refractivity contribution in [3.63, 3.8) is 0 Å². The van der Waals surface area contributed by atoms with Crippen LogP contribution in [0.4, 0.5) is 0 Å². The molecule has 0 saturated heterocycles. The summed E-state index contributed by atoms with van der Waals surface area (Å²) in [7, 11) is 0. The highest BCUT2D eigenvalue weighted by atomic mass is 16.5. The van der Waals surface area contributed by atoms with E-state index in [4.69, 9.17) is 9.47 Å².